The summed E-state index contributed by atoms with van der Waals surface area (Å²) in [5.74, 6) is 6.53. The van der Waals surface area contributed by atoms with Gasteiger partial charge in [-0.2, -0.15) is 0 Å². The molecule has 8 bridgehead atoms. The zero-order valence-electron chi connectivity index (χ0n) is 56.4. The molecular formula is C81H81N9O6. The first kappa shape index (κ1) is 62.1. The monoisotopic (exact) mass is 1280 g/mol. The Bertz CT molecular complexity index is 5170. The van der Waals surface area contributed by atoms with E-state index in [1.807, 2.05) is 24.5 Å². The number of unbranched alkanes of at least 4 members (excludes halogenated alkanes) is 6. The highest BCUT2D eigenvalue weighted by atomic mass is 16.5. The number of amidine groups is 4. The van der Waals surface area contributed by atoms with E-state index >= 15 is 0 Å². The van der Waals surface area contributed by atoms with Crippen LogP contribution >= 0.6 is 0 Å². The number of fused-ring (bicyclic) bond motifs is 24. The van der Waals surface area contributed by atoms with Gasteiger partial charge in [-0.1, -0.05) is 135 Å². The Labute approximate surface area is 559 Å². The van der Waals surface area contributed by atoms with Crippen LogP contribution in [0.4, 0.5) is 11.6 Å². The molecule has 0 saturated heterocycles. The second-order valence-electron chi connectivity index (χ2n) is 25.6. The second kappa shape index (κ2) is 26.6. The molecule has 15 heteroatoms. The molecule has 0 fully saturated rings. The topological polar surface area (TPSA) is 171 Å². The molecule has 1 N–H and O–H groups in total. The second-order valence-corrected chi connectivity index (χ2v) is 25.6. The molecule has 0 unspecified atom stereocenters. The summed E-state index contributed by atoms with van der Waals surface area (Å²) in [6, 6.07) is 34.0. The number of aliphatic imine (C=N–C) groups is 6. The highest BCUT2D eigenvalue weighted by Crippen LogP contribution is 2.53. The van der Waals surface area contributed by atoms with Gasteiger partial charge >= 0.3 is 0 Å². The average molecular weight is 1280 g/mol. The molecule has 0 amide bonds. The Kier molecular flexibility index (Phi) is 17.2. The number of hydrogen-bond acceptors (Lipinski definition) is 14. The van der Waals surface area contributed by atoms with Crippen LogP contribution in [0.15, 0.2) is 139 Å². The maximum atomic E-state index is 7.26. The van der Waals surface area contributed by atoms with Gasteiger partial charge in [-0.25, -0.2) is 30.0 Å². The Morgan fingerprint density at radius 3 is 1.10 bits per heavy atom. The predicted molar refractivity (Wildman–Crippen MR) is 393 cm³/mol. The third-order valence-electron chi connectivity index (χ3n) is 19.0. The average Bonchev–Trinajstić information content (AvgIpc) is 1.52. The summed E-state index contributed by atoms with van der Waals surface area (Å²) in [5, 5.41) is 11.2. The molecule has 8 aromatic carbocycles. The van der Waals surface area contributed by atoms with Gasteiger partial charge in [-0.05, 0) is 128 Å². The lowest BCUT2D eigenvalue weighted by atomic mass is 9.94. The quantitative estimate of drug-likeness (QED) is 0.0460. The van der Waals surface area contributed by atoms with Crippen LogP contribution < -0.4 is 28.4 Å². The zero-order chi connectivity index (χ0) is 65.6. The number of aryl methyl sites for hydroxylation is 2. The standard InChI is InChI=1S/C81H81N9O6/c1-9-15-35-91-70-53-32-26-33-82-68(53)47(8)60-58-45-59(62(60)70)85-78-65-67(74(95-39-19-13-5)57-44-51-30-24-22-28-49(51)42-55(57)72(65)93-37-17-11-3)81(89-78)90-79-63-61(46(7)52-31-25-34-83-69(52)75(63)96-40-20-14-6)76(86-79)87-80-66-64(77(84-58)88-80)71(92-36-16-10-2)54-41-48-27-21-23-29-50(48)43-56(54)73(66)94-38-18-12-4/h21-34,41-44H,9-20,35-40,45H2,1-8H3,(H,84,85,86,87,88,89,90). The fourth-order valence-electron chi connectivity index (χ4n) is 14.1. The Morgan fingerprint density at radius 1 is 0.333 bits per heavy atom. The Hall–Kier alpha value is -10.0. The van der Waals surface area contributed by atoms with E-state index in [2.05, 4.69) is 145 Å². The van der Waals surface area contributed by atoms with Crippen molar-refractivity contribution in [1.29, 1.82) is 0 Å². The Morgan fingerprint density at radius 2 is 0.688 bits per heavy atom. The summed E-state index contributed by atoms with van der Waals surface area (Å²) in [4.78, 5) is 49.2. The fourth-order valence-corrected chi connectivity index (χ4v) is 14.1. The Balaban J connectivity index is 1.14. The fraction of sp³-hybridized carbons (Fsp3) is 0.333. The van der Waals surface area contributed by atoms with E-state index in [-0.39, 0.29) is 6.42 Å². The number of pyridine rings is 2. The van der Waals surface area contributed by atoms with E-state index in [1.54, 1.807) is 0 Å². The third-order valence-corrected chi connectivity index (χ3v) is 19.0. The van der Waals surface area contributed by atoms with E-state index in [9.17, 15) is 0 Å². The van der Waals surface area contributed by atoms with Crippen LogP contribution in [0.2, 0.25) is 0 Å². The molecule has 3 aliphatic heterocycles. The molecule has 15 nitrogen and oxygen atoms in total. The molecule has 4 aliphatic rings. The van der Waals surface area contributed by atoms with E-state index in [1.165, 1.54) is 0 Å². The number of ether oxygens (including phenoxy) is 6. The molecule has 11 aromatic rings. The van der Waals surface area contributed by atoms with Gasteiger partial charge in [0.05, 0.1) is 84.2 Å². The number of H-pyrrole nitrogens is 1. The molecule has 3 aromatic heterocycles. The van der Waals surface area contributed by atoms with Crippen molar-refractivity contribution < 1.29 is 28.4 Å². The smallest absolute Gasteiger partial charge is 0.168 e. The summed E-state index contributed by atoms with van der Waals surface area (Å²) in [6.07, 6.45) is 14.5. The van der Waals surface area contributed by atoms with Crippen molar-refractivity contribution >= 4 is 122 Å². The molecule has 486 valence electrons. The zero-order valence-corrected chi connectivity index (χ0v) is 56.4. The van der Waals surface area contributed by atoms with Gasteiger partial charge in [0.1, 0.15) is 45.9 Å². The van der Waals surface area contributed by atoms with Crippen molar-refractivity contribution in [1.82, 2.24) is 15.0 Å². The van der Waals surface area contributed by atoms with Gasteiger partial charge < -0.3 is 33.4 Å². The highest BCUT2D eigenvalue weighted by molar-refractivity contribution is 6.39. The van der Waals surface area contributed by atoms with Gasteiger partial charge in [-0.15, -0.1) is 0 Å². The van der Waals surface area contributed by atoms with Crippen molar-refractivity contribution in [3.63, 3.8) is 0 Å². The van der Waals surface area contributed by atoms with E-state index < -0.39 is 0 Å². The van der Waals surface area contributed by atoms with E-state index in [4.69, 9.17) is 68.3 Å². The maximum absolute atomic E-state index is 7.26. The normalized spacial score (nSPS) is 13.9. The first-order valence-electron chi connectivity index (χ1n) is 34.9. The maximum Gasteiger partial charge on any atom is 0.168 e. The first-order chi connectivity index (χ1) is 47.2. The molecule has 0 saturated carbocycles. The lowest BCUT2D eigenvalue weighted by molar-refractivity contribution is 0.305. The number of aromatic nitrogens is 3. The van der Waals surface area contributed by atoms with Gasteiger partial charge in [0, 0.05) is 67.6 Å². The van der Waals surface area contributed by atoms with Crippen molar-refractivity contribution in [2.24, 2.45) is 30.0 Å². The van der Waals surface area contributed by atoms with Crippen LogP contribution in [0.25, 0.3) is 75.7 Å². The molecule has 0 atom stereocenters. The first-order valence-corrected chi connectivity index (χ1v) is 34.9. The summed E-state index contributed by atoms with van der Waals surface area (Å²) in [5.41, 5.74) is 9.30. The molecule has 0 spiro atoms. The molecule has 0 radical (unpaired) electrons. The van der Waals surface area contributed by atoms with Crippen molar-refractivity contribution in [2.45, 2.75) is 139 Å². The summed E-state index contributed by atoms with van der Waals surface area (Å²) >= 11 is 0. The van der Waals surface area contributed by atoms with Crippen molar-refractivity contribution in [3.05, 3.63) is 154 Å². The van der Waals surface area contributed by atoms with Crippen molar-refractivity contribution in [2.75, 3.05) is 39.6 Å². The van der Waals surface area contributed by atoms with E-state index in [0.29, 0.717) is 148 Å². The number of rotatable bonds is 24. The predicted octanol–water partition coefficient (Wildman–Crippen LogP) is 19.9. The minimum Gasteiger partial charge on any atom is -0.492 e. The minimum atomic E-state index is 0.269. The number of aromatic amines is 1. The summed E-state index contributed by atoms with van der Waals surface area (Å²) in [6.45, 7) is 20.1. The van der Waals surface area contributed by atoms with Gasteiger partial charge in [0.2, 0.25) is 0 Å². The lowest BCUT2D eigenvalue weighted by Crippen LogP contribution is -2.11. The molecule has 15 rings (SSSR count). The van der Waals surface area contributed by atoms with Crippen molar-refractivity contribution in [3.8, 4) is 34.5 Å². The lowest BCUT2D eigenvalue weighted by Gasteiger charge is -2.20. The van der Waals surface area contributed by atoms with Gasteiger partial charge in [0.25, 0.3) is 0 Å². The largest absolute Gasteiger partial charge is 0.492 e. The summed E-state index contributed by atoms with van der Waals surface area (Å²) < 4.78 is 43.2. The van der Waals surface area contributed by atoms with Crippen LogP contribution in [0.5, 0.6) is 34.5 Å². The van der Waals surface area contributed by atoms with Gasteiger partial charge in [0.15, 0.2) is 29.1 Å². The molecular weight excluding hydrogens is 1190 g/mol. The molecule has 6 heterocycles. The number of hydrogen-bond donors (Lipinski definition) is 1. The van der Waals surface area contributed by atoms with Crippen LogP contribution in [0.3, 0.4) is 0 Å². The number of nitrogens with one attached hydrogen (secondary N) is 1. The third kappa shape index (κ3) is 10.7. The van der Waals surface area contributed by atoms with Crippen LogP contribution in [-0.4, -0.2) is 89.4 Å². The number of benzene rings is 8. The SMILES string of the molecule is CCCCOc1c2c(c(OCCCC)c3cc4ccccc4cc13)C1=Nc3[nH]c(c4c(C)c5cccnc5c(OCCCC)c34)N=C3N=C(N=C4CC(=NC2=N1)c1c4c(C)c2ncccc2c1OCCCC)c1c3c(OCCCC)c2cc3ccccc3cc2c1OCCCC. The van der Waals surface area contributed by atoms with Crippen LogP contribution in [-0.2, 0) is 0 Å². The van der Waals surface area contributed by atoms with Crippen LogP contribution in [0.1, 0.15) is 170 Å². The minimum absolute atomic E-state index is 0.269. The molecule has 96 heavy (non-hydrogen) atoms. The van der Waals surface area contributed by atoms with Crippen LogP contribution in [0, 0.1) is 13.8 Å². The molecule has 1 aliphatic carbocycles. The highest BCUT2D eigenvalue weighted by Gasteiger charge is 2.41. The summed E-state index contributed by atoms with van der Waals surface area (Å²) in [7, 11) is 0. The van der Waals surface area contributed by atoms with Gasteiger partial charge in [-0.3, -0.25) is 9.97 Å². The number of nitrogens with zero attached hydrogens (tertiary/aromatic N) is 8. The van der Waals surface area contributed by atoms with E-state index in [0.717, 1.165) is 170 Å².